The minimum atomic E-state index is 0.0774. The zero-order valence-corrected chi connectivity index (χ0v) is 13.8. The molecule has 22 heavy (non-hydrogen) atoms. The Balaban J connectivity index is 1.52. The van der Waals surface area contributed by atoms with Crippen LogP contribution in [-0.2, 0) is 0 Å². The van der Waals surface area contributed by atoms with Gasteiger partial charge in [-0.3, -0.25) is 9.69 Å². The minimum Gasteiger partial charge on any atom is -0.361 e. The van der Waals surface area contributed by atoms with Crippen molar-refractivity contribution in [3.63, 3.8) is 0 Å². The highest BCUT2D eigenvalue weighted by Crippen LogP contribution is 2.25. The van der Waals surface area contributed by atoms with Gasteiger partial charge < -0.3 is 9.42 Å². The van der Waals surface area contributed by atoms with Crippen LogP contribution in [0.4, 0.5) is 0 Å². The molecule has 3 rings (SSSR count). The molecule has 0 spiro atoms. The van der Waals surface area contributed by atoms with E-state index in [0.29, 0.717) is 17.0 Å². The number of piperazine rings is 1. The number of aromatic nitrogens is 1. The number of carbonyl (C=O) groups is 1. The highest BCUT2D eigenvalue weighted by molar-refractivity contribution is 5.96. The second kappa shape index (κ2) is 6.82. The van der Waals surface area contributed by atoms with Crippen LogP contribution in [-0.4, -0.2) is 53.6 Å². The van der Waals surface area contributed by atoms with Gasteiger partial charge in [0.25, 0.3) is 5.91 Å². The van der Waals surface area contributed by atoms with Crippen molar-refractivity contribution in [1.29, 1.82) is 0 Å². The lowest BCUT2D eigenvalue weighted by molar-refractivity contribution is 0.0604. The predicted molar refractivity (Wildman–Crippen MR) is 84.9 cm³/mol. The van der Waals surface area contributed by atoms with Crippen LogP contribution < -0.4 is 0 Å². The molecule has 0 aromatic carbocycles. The maximum Gasteiger partial charge on any atom is 0.259 e. The van der Waals surface area contributed by atoms with Crippen molar-refractivity contribution in [3.05, 3.63) is 17.0 Å². The molecule has 1 saturated heterocycles. The molecule has 0 bridgehead atoms. The first kappa shape index (κ1) is 15.5. The summed E-state index contributed by atoms with van der Waals surface area (Å²) in [7, 11) is 0. The number of carbonyl (C=O) groups excluding carboxylic acids is 1. The Morgan fingerprint density at radius 2 is 1.82 bits per heavy atom. The second-order valence-electron chi connectivity index (χ2n) is 6.80. The van der Waals surface area contributed by atoms with Gasteiger partial charge in [-0.2, -0.15) is 0 Å². The van der Waals surface area contributed by atoms with Crippen molar-refractivity contribution >= 4 is 5.91 Å². The Hall–Kier alpha value is -1.36. The normalized spacial score (nSPS) is 21.3. The van der Waals surface area contributed by atoms with Gasteiger partial charge in [-0.05, 0) is 32.6 Å². The smallest absolute Gasteiger partial charge is 0.259 e. The van der Waals surface area contributed by atoms with Crippen molar-refractivity contribution in [2.24, 2.45) is 5.92 Å². The van der Waals surface area contributed by atoms with Crippen LogP contribution in [0.2, 0.25) is 0 Å². The third-order valence-electron chi connectivity index (χ3n) is 5.15. The van der Waals surface area contributed by atoms with Gasteiger partial charge in [-0.25, -0.2) is 0 Å². The fourth-order valence-electron chi connectivity index (χ4n) is 3.81. The molecule has 2 heterocycles. The van der Waals surface area contributed by atoms with Crippen LogP contribution in [0.25, 0.3) is 0 Å². The minimum absolute atomic E-state index is 0.0774. The molecule has 0 radical (unpaired) electrons. The number of amides is 1. The van der Waals surface area contributed by atoms with Crippen LogP contribution >= 0.6 is 0 Å². The highest BCUT2D eigenvalue weighted by atomic mass is 16.5. The van der Waals surface area contributed by atoms with Gasteiger partial charge in [0.2, 0.25) is 0 Å². The topological polar surface area (TPSA) is 49.6 Å². The molecule has 1 aromatic rings. The third-order valence-corrected chi connectivity index (χ3v) is 5.15. The van der Waals surface area contributed by atoms with E-state index in [1.54, 1.807) is 0 Å². The summed E-state index contributed by atoms with van der Waals surface area (Å²) in [5, 5.41) is 3.89. The van der Waals surface area contributed by atoms with E-state index in [1.165, 1.54) is 38.6 Å². The van der Waals surface area contributed by atoms with Crippen molar-refractivity contribution in [2.75, 3.05) is 32.7 Å². The quantitative estimate of drug-likeness (QED) is 0.861. The molecule has 1 aliphatic carbocycles. The second-order valence-corrected chi connectivity index (χ2v) is 6.80. The summed E-state index contributed by atoms with van der Waals surface area (Å²) in [4.78, 5) is 17.1. The molecular weight excluding hydrogens is 278 g/mol. The van der Waals surface area contributed by atoms with Crippen LogP contribution in [0.3, 0.4) is 0 Å². The monoisotopic (exact) mass is 305 g/mol. The molecular formula is C17H27N3O2. The van der Waals surface area contributed by atoms with Gasteiger partial charge >= 0.3 is 0 Å². The Morgan fingerprint density at radius 3 is 2.41 bits per heavy atom. The fourth-order valence-corrected chi connectivity index (χ4v) is 3.81. The standard InChI is InChI=1S/C17H27N3O2/c1-13-16(14(2)22-18-13)17(21)20-10-8-19(9-11-20)12-15-6-4-3-5-7-15/h15H,3-12H2,1-2H3. The van der Waals surface area contributed by atoms with Crippen LogP contribution in [0, 0.1) is 19.8 Å². The molecule has 1 aromatic heterocycles. The summed E-state index contributed by atoms with van der Waals surface area (Å²) >= 11 is 0. The molecule has 1 aliphatic heterocycles. The summed E-state index contributed by atoms with van der Waals surface area (Å²) in [6.45, 7) is 8.48. The summed E-state index contributed by atoms with van der Waals surface area (Å²) in [5.74, 6) is 1.58. The highest BCUT2D eigenvalue weighted by Gasteiger charge is 2.27. The number of aryl methyl sites for hydroxylation is 2. The van der Waals surface area contributed by atoms with E-state index in [9.17, 15) is 4.79 Å². The molecule has 0 N–H and O–H groups in total. The molecule has 0 atom stereocenters. The van der Waals surface area contributed by atoms with E-state index >= 15 is 0 Å². The third kappa shape index (κ3) is 3.35. The molecule has 1 amide bonds. The average Bonchev–Trinajstić information content (AvgIpc) is 2.87. The number of rotatable bonds is 3. The van der Waals surface area contributed by atoms with Crippen molar-refractivity contribution in [2.45, 2.75) is 46.0 Å². The van der Waals surface area contributed by atoms with Crippen molar-refractivity contribution in [3.8, 4) is 0 Å². The van der Waals surface area contributed by atoms with Gasteiger partial charge in [0, 0.05) is 32.7 Å². The van der Waals surface area contributed by atoms with Gasteiger partial charge in [0.05, 0.1) is 5.69 Å². The van der Waals surface area contributed by atoms with Crippen LogP contribution in [0.15, 0.2) is 4.52 Å². The van der Waals surface area contributed by atoms with Gasteiger partial charge in [0.1, 0.15) is 11.3 Å². The lowest BCUT2D eigenvalue weighted by atomic mass is 9.89. The van der Waals surface area contributed by atoms with E-state index in [0.717, 1.165) is 32.1 Å². The first-order chi connectivity index (χ1) is 10.6. The predicted octanol–water partition coefficient (Wildman–Crippen LogP) is 2.63. The summed E-state index contributed by atoms with van der Waals surface area (Å²) in [5.41, 5.74) is 1.35. The zero-order valence-electron chi connectivity index (χ0n) is 13.8. The molecule has 2 aliphatic rings. The number of hydrogen-bond donors (Lipinski definition) is 0. The summed E-state index contributed by atoms with van der Waals surface area (Å²) < 4.78 is 5.12. The first-order valence-corrected chi connectivity index (χ1v) is 8.59. The van der Waals surface area contributed by atoms with Gasteiger partial charge in [-0.1, -0.05) is 24.4 Å². The Kier molecular flexibility index (Phi) is 4.81. The molecule has 0 unspecified atom stereocenters. The van der Waals surface area contributed by atoms with E-state index in [1.807, 2.05) is 18.7 Å². The molecule has 2 fully saturated rings. The molecule has 5 heteroatoms. The molecule has 1 saturated carbocycles. The zero-order chi connectivity index (χ0) is 15.5. The van der Waals surface area contributed by atoms with Crippen LogP contribution in [0.5, 0.6) is 0 Å². The van der Waals surface area contributed by atoms with E-state index in [2.05, 4.69) is 10.1 Å². The van der Waals surface area contributed by atoms with Crippen molar-refractivity contribution in [1.82, 2.24) is 15.0 Å². The number of hydrogen-bond acceptors (Lipinski definition) is 4. The molecule has 5 nitrogen and oxygen atoms in total. The summed E-state index contributed by atoms with van der Waals surface area (Å²) in [6.07, 6.45) is 6.98. The Morgan fingerprint density at radius 1 is 1.14 bits per heavy atom. The lowest BCUT2D eigenvalue weighted by Gasteiger charge is -2.37. The van der Waals surface area contributed by atoms with E-state index in [4.69, 9.17) is 4.52 Å². The largest absolute Gasteiger partial charge is 0.361 e. The van der Waals surface area contributed by atoms with Gasteiger partial charge in [0.15, 0.2) is 0 Å². The maximum absolute atomic E-state index is 12.6. The Labute approximate surface area is 132 Å². The van der Waals surface area contributed by atoms with Crippen LogP contribution in [0.1, 0.15) is 53.9 Å². The molecule has 122 valence electrons. The van der Waals surface area contributed by atoms with E-state index in [-0.39, 0.29) is 5.91 Å². The first-order valence-electron chi connectivity index (χ1n) is 8.59. The lowest BCUT2D eigenvalue weighted by Crippen LogP contribution is -2.50. The Bertz CT molecular complexity index is 492. The maximum atomic E-state index is 12.6. The van der Waals surface area contributed by atoms with Crippen molar-refractivity contribution < 1.29 is 9.32 Å². The summed E-state index contributed by atoms with van der Waals surface area (Å²) in [6, 6.07) is 0. The average molecular weight is 305 g/mol. The fraction of sp³-hybridized carbons (Fsp3) is 0.765. The SMILES string of the molecule is Cc1noc(C)c1C(=O)N1CCN(CC2CCCCC2)CC1. The number of nitrogens with zero attached hydrogens (tertiary/aromatic N) is 3. The van der Waals surface area contributed by atoms with E-state index < -0.39 is 0 Å². The van der Waals surface area contributed by atoms with Gasteiger partial charge in [-0.15, -0.1) is 0 Å².